The van der Waals surface area contributed by atoms with E-state index in [-0.39, 0.29) is 16.5 Å². The highest BCUT2D eigenvalue weighted by Crippen LogP contribution is 2.16. The maximum Gasteiger partial charge on any atom is 0.241 e. The SMILES string of the molecule is CC[C@H](NC(=O)CNS(=O)(=O)c1ccc(F)cc1C)c1ccccn1. The van der Waals surface area contributed by atoms with Crippen molar-refractivity contribution in [3.8, 4) is 0 Å². The third-order valence-electron chi connectivity index (χ3n) is 3.64. The number of hydrogen-bond acceptors (Lipinski definition) is 4. The minimum Gasteiger partial charge on any atom is -0.347 e. The quantitative estimate of drug-likeness (QED) is 0.786. The van der Waals surface area contributed by atoms with Crippen molar-refractivity contribution in [1.82, 2.24) is 15.0 Å². The number of sulfonamides is 1. The maximum absolute atomic E-state index is 13.1. The smallest absolute Gasteiger partial charge is 0.241 e. The Balaban J connectivity index is 2.01. The number of aryl methyl sites for hydroxylation is 1. The summed E-state index contributed by atoms with van der Waals surface area (Å²) in [6, 6.07) is 8.45. The fraction of sp³-hybridized carbons (Fsp3) is 0.294. The van der Waals surface area contributed by atoms with Gasteiger partial charge in [0.1, 0.15) is 5.82 Å². The van der Waals surface area contributed by atoms with Gasteiger partial charge in [-0.3, -0.25) is 9.78 Å². The molecule has 0 aliphatic heterocycles. The van der Waals surface area contributed by atoms with Crippen molar-refractivity contribution in [3.63, 3.8) is 0 Å². The molecule has 134 valence electrons. The monoisotopic (exact) mass is 365 g/mol. The molecular weight excluding hydrogens is 345 g/mol. The first-order valence-electron chi connectivity index (χ1n) is 7.79. The molecule has 0 saturated heterocycles. The van der Waals surface area contributed by atoms with E-state index in [0.717, 1.165) is 12.1 Å². The lowest BCUT2D eigenvalue weighted by atomic mass is 10.1. The van der Waals surface area contributed by atoms with Crippen LogP contribution in [0.4, 0.5) is 4.39 Å². The van der Waals surface area contributed by atoms with Gasteiger partial charge < -0.3 is 5.32 Å². The van der Waals surface area contributed by atoms with E-state index in [9.17, 15) is 17.6 Å². The number of nitrogens with zero attached hydrogens (tertiary/aromatic N) is 1. The number of halogens is 1. The fourth-order valence-corrected chi connectivity index (χ4v) is 3.57. The van der Waals surface area contributed by atoms with Crippen molar-refractivity contribution in [3.05, 3.63) is 59.7 Å². The Bertz CT molecular complexity index is 841. The van der Waals surface area contributed by atoms with Crippen LogP contribution in [0.25, 0.3) is 0 Å². The highest BCUT2D eigenvalue weighted by molar-refractivity contribution is 7.89. The Morgan fingerprint density at radius 3 is 2.64 bits per heavy atom. The van der Waals surface area contributed by atoms with Gasteiger partial charge in [-0.15, -0.1) is 0 Å². The number of carbonyl (C=O) groups is 1. The highest BCUT2D eigenvalue weighted by Gasteiger charge is 2.20. The molecule has 0 fully saturated rings. The number of pyridine rings is 1. The fourth-order valence-electron chi connectivity index (χ4n) is 2.37. The van der Waals surface area contributed by atoms with Gasteiger partial charge >= 0.3 is 0 Å². The highest BCUT2D eigenvalue weighted by atomic mass is 32.2. The summed E-state index contributed by atoms with van der Waals surface area (Å²) in [5.74, 6) is -0.990. The van der Waals surface area contributed by atoms with Crippen molar-refractivity contribution in [2.45, 2.75) is 31.2 Å². The van der Waals surface area contributed by atoms with Crippen LogP contribution in [-0.2, 0) is 14.8 Å². The van der Waals surface area contributed by atoms with E-state index in [0.29, 0.717) is 12.1 Å². The van der Waals surface area contributed by atoms with Gasteiger partial charge in [0.15, 0.2) is 0 Å². The molecule has 0 spiro atoms. The predicted octanol–water partition coefficient (Wildman–Crippen LogP) is 2.07. The topological polar surface area (TPSA) is 88.2 Å². The standard InChI is InChI=1S/C17H20FN3O3S/c1-3-14(15-6-4-5-9-19-15)21-17(22)11-20-25(23,24)16-8-7-13(18)10-12(16)2/h4-10,14,20H,3,11H2,1-2H3,(H,21,22)/t14-/m0/s1. The molecule has 25 heavy (non-hydrogen) atoms. The summed E-state index contributed by atoms with van der Waals surface area (Å²) in [4.78, 5) is 16.2. The Hall–Kier alpha value is -2.32. The Labute approximate surface area is 146 Å². The van der Waals surface area contributed by atoms with Crippen molar-refractivity contribution in [2.24, 2.45) is 0 Å². The molecule has 0 radical (unpaired) electrons. The van der Waals surface area contributed by atoms with Gasteiger partial charge in [-0.2, -0.15) is 0 Å². The lowest BCUT2D eigenvalue weighted by Gasteiger charge is -2.17. The van der Waals surface area contributed by atoms with E-state index in [4.69, 9.17) is 0 Å². The van der Waals surface area contributed by atoms with Crippen LogP contribution in [0.3, 0.4) is 0 Å². The van der Waals surface area contributed by atoms with Gasteiger partial charge in [0.05, 0.1) is 23.2 Å². The van der Waals surface area contributed by atoms with Crippen LogP contribution in [0.2, 0.25) is 0 Å². The molecule has 0 aliphatic rings. The first kappa shape index (κ1) is 19.0. The van der Waals surface area contributed by atoms with E-state index >= 15 is 0 Å². The molecule has 6 nitrogen and oxygen atoms in total. The number of rotatable bonds is 7. The molecule has 1 aromatic heterocycles. The third-order valence-corrected chi connectivity index (χ3v) is 5.20. The van der Waals surface area contributed by atoms with Crippen molar-refractivity contribution in [1.29, 1.82) is 0 Å². The van der Waals surface area contributed by atoms with E-state index in [1.807, 2.05) is 13.0 Å². The first-order chi connectivity index (χ1) is 11.8. The second-order valence-corrected chi connectivity index (χ2v) is 7.25. The Kier molecular flexibility index (Phi) is 6.22. The van der Waals surface area contributed by atoms with Gasteiger partial charge in [0.25, 0.3) is 0 Å². The van der Waals surface area contributed by atoms with E-state index < -0.39 is 28.3 Å². The number of amides is 1. The average molecular weight is 365 g/mol. The van der Waals surface area contributed by atoms with Crippen LogP contribution in [0, 0.1) is 12.7 Å². The summed E-state index contributed by atoms with van der Waals surface area (Å²) < 4.78 is 39.9. The molecule has 8 heteroatoms. The number of carbonyl (C=O) groups excluding carboxylic acids is 1. The minimum absolute atomic E-state index is 0.0570. The minimum atomic E-state index is -3.90. The van der Waals surface area contributed by atoms with Gasteiger partial charge in [0, 0.05) is 6.20 Å². The number of nitrogens with one attached hydrogen (secondary N) is 2. The summed E-state index contributed by atoms with van der Waals surface area (Å²) in [6.07, 6.45) is 2.25. The van der Waals surface area contributed by atoms with Gasteiger partial charge in [-0.25, -0.2) is 17.5 Å². The Morgan fingerprint density at radius 2 is 2.04 bits per heavy atom. The molecule has 1 amide bonds. The summed E-state index contributed by atoms with van der Waals surface area (Å²) >= 11 is 0. The molecule has 2 aromatic rings. The van der Waals surface area contributed by atoms with E-state index in [1.54, 1.807) is 18.3 Å². The van der Waals surface area contributed by atoms with Crippen molar-refractivity contribution in [2.75, 3.05) is 6.54 Å². The normalized spacial score (nSPS) is 12.6. The number of benzene rings is 1. The van der Waals surface area contributed by atoms with Gasteiger partial charge in [-0.1, -0.05) is 13.0 Å². The zero-order chi connectivity index (χ0) is 18.4. The summed E-state index contributed by atoms with van der Waals surface area (Å²) in [5, 5.41) is 2.74. The largest absolute Gasteiger partial charge is 0.347 e. The zero-order valence-corrected chi connectivity index (χ0v) is 14.8. The number of aromatic nitrogens is 1. The molecule has 1 atom stereocenters. The molecule has 2 rings (SSSR count). The maximum atomic E-state index is 13.1. The van der Waals surface area contributed by atoms with Crippen LogP contribution in [-0.4, -0.2) is 25.9 Å². The van der Waals surface area contributed by atoms with Crippen LogP contribution < -0.4 is 10.0 Å². The van der Waals surface area contributed by atoms with Crippen LogP contribution >= 0.6 is 0 Å². The lowest BCUT2D eigenvalue weighted by molar-refractivity contribution is -0.120. The second-order valence-electron chi connectivity index (χ2n) is 5.52. The third kappa shape index (κ3) is 5.07. The number of hydrogen-bond donors (Lipinski definition) is 2. The van der Waals surface area contributed by atoms with Crippen LogP contribution in [0.15, 0.2) is 47.5 Å². The molecule has 1 aromatic carbocycles. The Morgan fingerprint density at radius 1 is 1.28 bits per heavy atom. The van der Waals surface area contributed by atoms with Gasteiger partial charge in [0.2, 0.25) is 15.9 Å². The zero-order valence-electron chi connectivity index (χ0n) is 14.0. The lowest BCUT2D eigenvalue weighted by Crippen LogP contribution is -2.38. The van der Waals surface area contributed by atoms with Crippen LogP contribution in [0.1, 0.15) is 30.6 Å². The first-order valence-corrected chi connectivity index (χ1v) is 9.28. The van der Waals surface area contributed by atoms with Crippen molar-refractivity contribution < 1.29 is 17.6 Å². The molecule has 0 unspecified atom stereocenters. The molecule has 2 N–H and O–H groups in total. The molecule has 0 aliphatic carbocycles. The average Bonchev–Trinajstić information content (AvgIpc) is 2.58. The predicted molar refractivity (Wildman–Crippen MR) is 91.7 cm³/mol. The molecule has 0 saturated carbocycles. The van der Waals surface area contributed by atoms with Crippen molar-refractivity contribution >= 4 is 15.9 Å². The summed E-state index contributed by atoms with van der Waals surface area (Å²) in [7, 11) is -3.90. The second kappa shape index (κ2) is 8.17. The molecular formula is C17H20FN3O3S. The summed E-state index contributed by atoms with van der Waals surface area (Å²) in [6.45, 7) is 2.97. The van der Waals surface area contributed by atoms with Gasteiger partial charge in [-0.05, 0) is 49.2 Å². The van der Waals surface area contributed by atoms with Crippen LogP contribution in [0.5, 0.6) is 0 Å². The van der Waals surface area contributed by atoms with E-state index in [1.165, 1.54) is 13.0 Å². The molecule has 0 bridgehead atoms. The molecule has 1 heterocycles. The van der Waals surface area contributed by atoms with E-state index in [2.05, 4.69) is 15.0 Å². The summed E-state index contributed by atoms with van der Waals surface area (Å²) in [5.41, 5.74) is 0.975.